The van der Waals surface area contributed by atoms with Gasteiger partial charge in [-0.15, -0.1) is 0 Å². The number of hydrogen-bond donors (Lipinski definition) is 1. The van der Waals surface area contributed by atoms with E-state index in [-0.39, 0.29) is 23.9 Å². The standard InChI is InChI=1S/C24H31N3O4/c1-4-20(17-7-9-18(30-3)10-8-17)25-23(28)19-14-21(27-12-13-31-15-22(19)27)24(29)26-11-5-6-16(26)2/h7-10,14,16,20H,4-6,11-13,15H2,1-3H3,(H,25,28)/t16-,20+/m0/s1. The van der Waals surface area contributed by atoms with E-state index in [0.29, 0.717) is 31.0 Å². The van der Waals surface area contributed by atoms with Crippen LogP contribution in [0.15, 0.2) is 30.3 Å². The van der Waals surface area contributed by atoms with Crippen LogP contribution in [0.2, 0.25) is 0 Å². The first-order valence-electron chi connectivity index (χ1n) is 11.1. The van der Waals surface area contributed by atoms with Gasteiger partial charge in [-0.25, -0.2) is 0 Å². The second-order valence-corrected chi connectivity index (χ2v) is 8.29. The molecule has 0 bridgehead atoms. The lowest BCUT2D eigenvalue weighted by atomic mass is 10.0. The summed E-state index contributed by atoms with van der Waals surface area (Å²) in [5.41, 5.74) is 2.92. The highest BCUT2D eigenvalue weighted by molar-refractivity contribution is 6.01. The summed E-state index contributed by atoms with van der Waals surface area (Å²) in [6, 6.07) is 9.59. The third-order valence-corrected chi connectivity index (χ3v) is 6.42. The Kier molecular flexibility index (Phi) is 6.32. The van der Waals surface area contributed by atoms with E-state index in [0.717, 1.165) is 42.8 Å². The molecule has 7 heteroatoms. The maximum absolute atomic E-state index is 13.3. The summed E-state index contributed by atoms with van der Waals surface area (Å²) in [5, 5.41) is 3.14. The summed E-state index contributed by atoms with van der Waals surface area (Å²) >= 11 is 0. The Balaban J connectivity index is 1.60. The SMILES string of the molecule is CC[C@@H](NC(=O)c1cc(C(=O)N2CCC[C@@H]2C)n2c1COCC2)c1ccc(OC)cc1. The summed E-state index contributed by atoms with van der Waals surface area (Å²) < 4.78 is 12.8. The first-order chi connectivity index (χ1) is 15.0. The molecule has 166 valence electrons. The topological polar surface area (TPSA) is 72.8 Å². The quantitative estimate of drug-likeness (QED) is 0.769. The minimum Gasteiger partial charge on any atom is -0.497 e. The highest BCUT2D eigenvalue weighted by Crippen LogP contribution is 2.27. The van der Waals surface area contributed by atoms with Crippen molar-refractivity contribution in [2.45, 2.75) is 58.3 Å². The molecular weight excluding hydrogens is 394 g/mol. The lowest BCUT2D eigenvalue weighted by Gasteiger charge is -2.24. The van der Waals surface area contributed by atoms with Gasteiger partial charge in [0.2, 0.25) is 0 Å². The van der Waals surface area contributed by atoms with Gasteiger partial charge in [-0.05, 0) is 49.9 Å². The van der Waals surface area contributed by atoms with E-state index in [1.165, 1.54) is 0 Å². The molecule has 2 aliphatic rings. The zero-order chi connectivity index (χ0) is 22.0. The number of likely N-dealkylation sites (tertiary alicyclic amines) is 1. The molecule has 0 unspecified atom stereocenters. The van der Waals surface area contributed by atoms with Crippen molar-refractivity contribution >= 4 is 11.8 Å². The molecular formula is C24H31N3O4. The van der Waals surface area contributed by atoms with Crippen LogP contribution in [0.4, 0.5) is 0 Å². The van der Waals surface area contributed by atoms with Crippen molar-refractivity contribution in [1.29, 1.82) is 0 Å². The van der Waals surface area contributed by atoms with Crippen LogP contribution >= 0.6 is 0 Å². The van der Waals surface area contributed by atoms with Crippen LogP contribution in [-0.4, -0.2) is 47.6 Å². The number of ether oxygens (including phenoxy) is 2. The number of benzene rings is 1. The number of nitrogens with zero attached hydrogens (tertiary/aromatic N) is 2. The average molecular weight is 426 g/mol. The molecule has 2 atom stereocenters. The fourth-order valence-electron chi connectivity index (χ4n) is 4.57. The molecule has 2 aliphatic heterocycles. The molecule has 0 aliphatic carbocycles. The Morgan fingerprint density at radius 2 is 2.03 bits per heavy atom. The van der Waals surface area contributed by atoms with E-state index in [2.05, 4.69) is 12.2 Å². The zero-order valence-corrected chi connectivity index (χ0v) is 18.5. The molecule has 0 saturated carbocycles. The Labute approximate surface area is 183 Å². The van der Waals surface area contributed by atoms with E-state index in [1.54, 1.807) is 13.2 Å². The van der Waals surface area contributed by atoms with Gasteiger partial charge in [0.05, 0.1) is 37.6 Å². The number of rotatable bonds is 6. The third kappa shape index (κ3) is 4.19. The molecule has 1 N–H and O–H groups in total. The van der Waals surface area contributed by atoms with E-state index in [4.69, 9.17) is 9.47 Å². The van der Waals surface area contributed by atoms with Crippen molar-refractivity contribution in [2.24, 2.45) is 0 Å². The maximum atomic E-state index is 13.3. The number of amides is 2. The molecule has 4 rings (SSSR count). The number of nitrogens with one attached hydrogen (secondary N) is 1. The summed E-state index contributed by atoms with van der Waals surface area (Å²) in [4.78, 5) is 28.4. The molecule has 3 heterocycles. The fourth-order valence-corrected chi connectivity index (χ4v) is 4.57. The van der Waals surface area contributed by atoms with E-state index in [1.807, 2.05) is 40.7 Å². The molecule has 2 aromatic rings. The van der Waals surface area contributed by atoms with Gasteiger partial charge >= 0.3 is 0 Å². The van der Waals surface area contributed by atoms with Crippen molar-refractivity contribution in [3.05, 3.63) is 52.8 Å². The average Bonchev–Trinajstić information content (AvgIpc) is 3.41. The van der Waals surface area contributed by atoms with E-state index >= 15 is 0 Å². The van der Waals surface area contributed by atoms with Gasteiger partial charge in [0.1, 0.15) is 11.4 Å². The predicted octanol–water partition coefficient (Wildman–Crippen LogP) is 3.53. The summed E-state index contributed by atoms with van der Waals surface area (Å²) in [6.45, 7) is 6.36. The molecule has 1 aromatic carbocycles. The van der Waals surface area contributed by atoms with Crippen LogP contribution in [-0.2, 0) is 17.9 Å². The van der Waals surface area contributed by atoms with Crippen molar-refractivity contribution in [1.82, 2.24) is 14.8 Å². The molecule has 1 fully saturated rings. The maximum Gasteiger partial charge on any atom is 0.270 e. The minimum atomic E-state index is -0.176. The van der Waals surface area contributed by atoms with Crippen LogP contribution < -0.4 is 10.1 Å². The number of aromatic nitrogens is 1. The summed E-state index contributed by atoms with van der Waals surface area (Å²) in [5.74, 6) is 0.614. The normalized spacial score (nSPS) is 19.1. The number of carbonyl (C=O) groups excluding carboxylic acids is 2. The molecule has 7 nitrogen and oxygen atoms in total. The Bertz CT molecular complexity index is 950. The van der Waals surface area contributed by atoms with Crippen LogP contribution in [0.5, 0.6) is 5.75 Å². The van der Waals surface area contributed by atoms with Gasteiger partial charge in [-0.1, -0.05) is 19.1 Å². The zero-order valence-electron chi connectivity index (χ0n) is 18.5. The van der Waals surface area contributed by atoms with E-state index in [9.17, 15) is 9.59 Å². The van der Waals surface area contributed by atoms with Crippen molar-refractivity contribution in [3.8, 4) is 5.75 Å². The molecule has 1 aromatic heterocycles. The number of hydrogen-bond acceptors (Lipinski definition) is 4. The van der Waals surface area contributed by atoms with Gasteiger partial charge in [0.15, 0.2) is 0 Å². The summed E-state index contributed by atoms with van der Waals surface area (Å²) in [7, 11) is 1.63. The number of fused-ring (bicyclic) bond motifs is 1. The fraction of sp³-hybridized carbons (Fsp3) is 0.500. The van der Waals surface area contributed by atoms with Crippen molar-refractivity contribution in [2.75, 3.05) is 20.3 Å². The van der Waals surface area contributed by atoms with E-state index < -0.39 is 0 Å². The second-order valence-electron chi connectivity index (χ2n) is 8.29. The van der Waals surface area contributed by atoms with Gasteiger partial charge in [0, 0.05) is 19.1 Å². The lowest BCUT2D eigenvalue weighted by molar-refractivity contribution is 0.0683. The van der Waals surface area contributed by atoms with Crippen LogP contribution in [0.1, 0.15) is 71.3 Å². The van der Waals surface area contributed by atoms with Crippen molar-refractivity contribution in [3.63, 3.8) is 0 Å². The largest absolute Gasteiger partial charge is 0.497 e. The highest BCUT2D eigenvalue weighted by atomic mass is 16.5. The van der Waals surface area contributed by atoms with Gasteiger partial charge in [0.25, 0.3) is 11.8 Å². The number of methoxy groups -OCH3 is 1. The molecule has 0 spiro atoms. The first-order valence-corrected chi connectivity index (χ1v) is 11.1. The Morgan fingerprint density at radius 1 is 1.26 bits per heavy atom. The Hall–Kier alpha value is -2.80. The second kappa shape index (κ2) is 9.14. The van der Waals surface area contributed by atoms with Crippen molar-refractivity contribution < 1.29 is 19.1 Å². The summed E-state index contributed by atoms with van der Waals surface area (Å²) in [6.07, 6.45) is 2.80. The predicted molar refractivity (Wildman–Crippen MR) is 117 cm³/mol. The molecule has 2 amide bonds. The number of carbonyl (C=O) groups is 2. The van der Waals surface area contributed by atoms with Crippen LogP contribution in [0, 0.1) is 0 Å². The minimum absolute atomic E-state index is 0.00870. The van der Waals surface area contributed by atoms with Gasteiger partial charge in [-0.3, -0.25) is 9.59 Å². The van der Waals surface area contributed by atoms with Gasteiger partial charge in [-0.2, -0.15) is 0 Å². The molecule has 31 heavy (non-hydrogen) atoms. The molecule has 0 radical (unpaired) electrons. The third-order valence-electron chi connectivity index (χ3n) is 6.42. The van der Waals surface area contributed by atoms with Gasteiger partial charge < -0.3 is 24.3 Å². The first kappa shape index (κ1) is 21.4. The lowest BCUT2D eigenvalue weighted by Crippen LogP contribution is -2.35. The highest BCUT2D eigenvalue weighted by Gasteiger charge is 2.32. The molecule has 1 saturated heterocycles. The van der Waals surface area contributed by atoms with Crippen LogP contribution in [0.25, 0.3) is 0 Å². The monoisotopic (exact) mass is 425 g/mol. The van der Waals surface area contributed by atoms with Crippen LogP contribution in [0.3, 0.4) is 0 Å². The smallest absolute Gasteiger partial charge is 0.270 e. The Morgan fingerprint density at radius 3 is 2.68 bits per heavy atom.